The van der Waals surface area contributed by atoms with Gasteiger partial charge in [0.1, 0.15) is 0 Å². The largest absolute Gasteiger partial charge is 0.378 e. The van der Waals surface area contributed by atoms with E-state index in [1.807, 2.05) is 0 Å². The molecule has 0 aromatic carbocycles. The predicted molar refractivity (Wildman–Crippen MR) is 69.8 cm³/mol. The second kappa shape index (κ2) is 9.00. The molecule has 96 valence electrons. The lowest BCUT2D eigenvalue weighted by Crippen LogP contribution is -2.23. The van der Waals surface area contributed by atoms with Gasteiger partial charge in [0.2, 0.25) is 0 Å². The van der Waals surface area contributed by atoms with Gasteiger partial charge in [0.05, 0.1) is 6.10 Å². The van der Waals surface area contributed by atoms with Crippen LogP contribution in [0.15, 0.2) is 0 Å². The number of hydrogen-bond donors (Lipinski definition) is 1. The summed E-state index contributed by atoms with van der Waals surface area (Å²) in [6.45, 7) is 7.66. The Hall–Kier alpha value is -0.0800. The standard InChI is InChI=1S/C14H29NO/c1-3-13-8-7-9-14(12-13)16-11-6-5-10-15-4-2/h13-15H,3-12H2,1-2H3. The highest BCUT2D eigenvalue weighted by atomic mass is 16.5. The van der Waals surface area contributed by atoms with Gasteiger partial charge < -0.3 is 10.1 Å². The molecule has 0 saturated heterocycles. The van der Waals surface area contributed by atoms with Crippen molar-refractivity contribution in [3.8, 4) is 0 Å². The van der Waals surface area contributed by atoms with E-state index in [-0.39, 0.29) is 0 Å². The highest BCUT2D eigenvalue weighted by molar-refractivity contribution is 4.72. The van der Waals surface area contributed by atoms with E-state index in [1.165, 1.54) is 44.9 Å². The molecule has 0 amide bonds. The third kappa shape index (κ3) is 5.86. The molecule has 0 aliphatic heterocycles. The normalized spacial score (nSPS) is 25.9. The van der Waals surface area contributed by atoms with Crippen molar-refractivity contribution in [2.75, 3.05) is 19.7 Å². The van der Waals surface area contributed by atoms with Crippen LogP contribution in [0, 0.1) is 5.92 Å². The third-order valence-electron chi connectivity index (χ3n) is 3.66. The maximum Gasteiger partial charge on any atom is 0.0577 e. The van der Waals surface area contributed by atoms with E-state index in [9.17, 15) is 0 Å². The Morgan fingerprint density at radius 3 is 2.81 bits per heavy atom. The monoisotopic (exact) mass is 227 g/mol. The molecule has 0 radical (unpaired) electrons. The molecular formula is C14H29NO. The first kappa shape index (κ1) is 14.0. The van der Waals surface area contributed by atoms with Crippen LogP contribution in [0.4, 0.5) is 0 Å². The zero-order valence-corrected chi connectivity index (χ0v) is 11.1. The lowest BCUT2D eigenvalue weighted by Gasteiger charge is -2.28. The fourth-order valence-electron chi connectivity index (χ4n) is 2.54. The molecule has 2 unspecified atom stereocenters. The Kier molecular flexibility index (Phi) is 7.87. The molecule has 0 bridgehead atoms. The number of ether oxygens (including phenoxy) is 1. The zero-order chi connectivity index (χ0) is 11.6. The molecule has 1 fully saturated rings. The van der Waals surface area contributed by atoms with Crippen LogP contribution in [-0.4, -0.2) is 25.8 Å². The van der Waals surface area contributed by atoms with Crippen LogP contribution in [-0.2, 0) is 4.74 Å². The second-order valence-electron chi connectivity index (χ2n) is 4.99. The summed E-state index contributed by atoms with van der Waals surface area (Å²) in [6, 6.07) is 0. The quantitative estimate of drug-likeness (QED) is 0.642. The molecular weight excluding hydrogens is 198 g/mol. The van der Waals surface area contributed by atoms with Crippen LogP contribution < -0.4 is 5.32 Å². The number of rotatable bonds is 8. The first-order valence-corrected chi connectivity index (χ1v) is 7.19. The molecule has 2 nitrogen and oxygen atoms in total. The SMILES string of the molecule is CCNCCCCOC1CCCC(CC)C1. The Labute approximate surface area is 101 Å². The highest BCUT2D eigenvalue weighted by Crippen LogP contribution is 2.28. The number of nitrogens with one attached hydrogen (secondary N) is 1. The molecule has 0 spiro atoms. The second-order valence-corrected chi connectivity index (χ2v) is 4.99. The number of unbranched alkanes of at least 4 members (excludes halogenated alkanes) is 1. The van der Waals surface area contributed by atoms with Crippen LogP contribution in [0.3, 0.4) is 0 Å². The summed E-state index contributed by atoms with van der Waals surface area (Å²) in [7, 11) is 0. The van der Waals surface area contributed by atoms with Crippen LogP contribution in [0.5, 0.6) is 0 Å². The van der Waals surface area contributed by atoms with E-state index in [2.05, 4.69) is 19.2 Å². The maximum atomic E-state index is 5.97. The summed E-state index contributed by atoms with van der Waals surface area (Å²) in [6.07, 6.45) is 9.76. The molecule has 1 N–H and O–H groups in total. The zero-order valence-electron chi connectivity index (χ0n) is 11.1. The average Bonchev–Trinajstić information content (AvgIpc) is 2.34. The Balaban J connectivity index is 1.95. The van der Waals surface area contributed by atoms with Crippen LogP contribution in [0.25, 0.3) is 0 Å². The van der Waals surface area contributed by atoms with Crippen molar-refractivity contribution in [1.29, 1.82) is 0 Å². The Morgan fingerprint density at radius 2 is 2.06 bits per heavy atom. The Bertz CT molecular complexity index is 161. The van der Waals surface area contributed by atoms with Crippen molar-refractivity contribution in [2.24, 2.45) is 5.92 Å². The highest BCUT2D eigenvalue weighted by Gasteiger charge is 2.20. The van der Waals surface area contributed by atoms with Crippen LogP contribution in [0.2, 0.25) is 0 Å². The lowest BCUT2D eigenvalue weighted by molar-refractivity contribution is 0.0109. The van der Waals surface area contributed by atoms with E-state index < -0.39 is 0 Å². The minimum absolute atomic E-state index is 0.567. The predicted octanol–water partition coefficient (Wildman–Crippen LogP) is 3.36. The molecule has 1 rings (SSSR count). The first-order chi connectivity index (χ1) is 7.86. The fourth-order valence-corrected chi connectivity index (χ4v) is 2.54. The Morgan fingerprint density at radius 1 is 1.19 bits per heavy atom. The molecule has 0 heterocycles. The van der Waals surface area contributed by atoms with E-state index in [1.54, 1.807) is 0 Å². The molecule has 2 atom stereocenters. The number of hydrogen-bond acceptors (Lipinski definition) is 2. The molecule has 1 aliphatic rings. The van der Waals surface area contributed by atoms with Crippen LogP contribution in [0.1, 0.15) is 58.8 Å². The van der Waals surface area contributed by atoms with Crippen LogP contribution >= 0.6 is 0 Å². The summed E-state index contributed by atoms with van der Waals surface area (Å²) >= 11 is 0. The van der Waals surface area contributed by atoms with Gasteiger partial charge in [-0.2, -0.15) is 0 Å². The van der Waals surface area contributed by atoms with Crippen molar-refractivity contribution in [3.05, 3.63) is 0 Å². The molecule has 0 aromatic rings. The van der Waals surface area contributed by atoms with Crippen molar-refractivity contribution >= 4 is 0 Å². The van der Waals surface area contributed by atoms with Gasteiger partial charge in [-0.25, -0.2) is 0 Å². The van der Waals surface area contributed by atoms with E-state index >= 15 is 0 Å². The third-order valence-corrected chi connectivity index (χ3v) is 3.66. The summed E-state index contributed by atoms with van der Waals surface area (Å²) in [5.41, 5.74) is 0. The van der Waals surface area contributed by atoms with E-state index in [4.69, 9.17) is 4.74 Å². The van der Waals surface area contributed by atoms with Crippen molar-refractivity contribution in [3.63, 3.8) is 0 Å². The minimum Gasteiger partial charge on any atom is -0.378 e. The van der Waals surface area contributed by atoms with Gasteiger partial charge in [-0.1, -0.05) is 33.1 Å². The van der Waals surface area contributed by atoms with Gasteiger partial charge >= 0.3 is 0 Å². The minimum atomic E-state index is 0.567. The summed E-state index contributed by atoms with van der Waals surface area (Å²) in [4.78, 5) is 0. The fraction of sp³-hybridized carbons (Fsp3) is 1.00. The van der Waals surface area contributed by atoms with Gasteiger partial charge in [-0.15, -0.1) is 0 Å². The summed E-state index contributed by atoms with van der Waals surface area (Å²) in [5, 5.41) is 3.35. The topological polar surface area (TPSA) is 21.3 Å². The van der Waals surface area contributed by atoms with Gasteiger partial charge in [0, 0.05) is 6.61 Å². The molecule has 2 heteroatoms. The lowest BCUT2D eigenvalue weighted by atomic mass is 9.85. The van der Waals surface area contributed by atoms with E-state index in [0.29, 0.717) is 6.10 Å². The van der Waals surface area contributed by atoms with Crippen molar-refractivity contribution in [2.45, 2.75) is 64.9 Å². The van der Waals surface area contributed by atoms with Gasteiger partial charge in [0.25, 0.3) is 0 Å². The van der Waals surface area contributed by atoms with Gasteiger partial charge in [-0.3, -0.25) is 0 Å². The summed E-state index contributed by atoms with van der Waals surface area (Å²) < 4.78 is 5.97. The first-order valence-electron chi connectivity index (χ1n) is 7.19. The smallest absolute Gasteiger partial charge is 0.0577 e. The molecule has 1 saturated carbocycles. The summed E-state index contributed by atoms with van der Waals surface area (Å²) in [5.74, 6) is 0.931. The maximum absolute atomic E-state index is 5.97. The van der Waals surface area contributed by atoms with Gasteiger partial charge in [0.15, 0.2) is 0 Å². The molecule has 1 aliphatic carbocycles. The van der Waals surface area contributed by atoms with Crippen molar-refractivity contribution < 1.29 is 4.74 Å². The van der Waals surface area contributed by atoms with Crippen molar-refractivity contribution in [1.82, 2.24) is 5.32 Å². The molecule has 0 aromatic heterocycles. The van der Waals surface area contributed by atoms with E-state index in [0.717, 1.165) is 25.6 Å². The molecule has 16 heavy (non-hydrogen) atoms. The average molecular weight is 227 g/mol. The van der Waals surface area contributed by atoms with Gasteiger partial charge in [-0.05, 0) is 44.7 Å².